The van der Waals surface area contributed by atoms with E-state index in [9.17, 15) is 13.2 Å². The Morgan fingerprint density at radius 1 is 1.16 bits per heavy atom. The molecule has 1 atom stereocenters. The van der Waals surface area contributed by atoms with E-state index in [1.165, 1.54) is 11.1 Å². The minimum absolute atomic E-state index is 0.157. The van der Waals surface area contributed by atoms with Gasteiger partial charge in [0.1, 0.15) is 0 Å². The van der Waals surface area contributed by atoms with Crippen molar-refractivity contribution < 1.29 is 13.2 Å². The monoisotopic (exact) mass is 349 g/mol. The average molecular weight is 349 g/mol. The molecule has 0 radical (unpaired) electrons. The van der Waals surface area contributed by atoms with Crippen molar-refractivity contribution in [1.82, 2.24) is 20.2 Å². The smallest absolute Gasteiger partial charge is 0.324 e. The molecule has 2 aliphatic rings. The van der Waals surface area contributed by atoms with Gasteiger partial charge in [-0.25, -0.2) is 9.97 Å². The molecular formula is C17H18F3N5. The highest BCUT2D eigenvalue weighted by Gasteiger charge is 2.31. The molecule has 2 N–H and O–H groups in total. The molecule has 8 heteroatoms. The van der Waals surface area contributed by atoms with Crippen LogP contribution in [0.1, 0.15) is 22.7 Å². The number of halogens is 3. The van der Waals surface area contributed by atoms with Gasteiger partial charge in [-0.3, -0.25) is 4.90 Å². The molecule has 0 spiro atoms. The average Bonchev–Trinajstić information content (AvgIpc) is 2.61. The molecule has 2 aromatic rings. The number of nitrogens with zero attached hydrogens (tertiary/aromatic N) is 3. The Balaban J connectivity index is 1.53. The highest BCUT2D eigenvalue weighted by atomic mass is 19.4. The first-order valence-electron chi connectivity index (χ1n) is 8.24. The maximum absolute atomic E-state index is 12.6. The minimum atomic E-state index is -4.43. The molecule has 2 aliphatic heterocycles. The van der Waals surface area contributed by atoms with Gasteiger partial charge >= 0.3 is 6.18 Å². The quantitative estimate of drug-likeness (QED) is 0.873. The largest absolute Gasteiger partial charge is 0.419 e. The van der Waals surface area contributed by atoms with Crippen molar-refractivity contribution in [1.29, 1.82) is 0 Å². The second-order valence-corrected chi connectivity index (χ2v) is 6.34. The molecule has 0 amide bonds. The van der Waals surface area contributed by atoms with Crippen LogP contribution in [0.4, 0.5) is 24.8 Å². The first kappa shape index (κ1) is 16.3. The van der Waals surface area contributed by atoms with E-state index in [1.54, 1.807) is 0 Å². The fraction of sp³-hybridized carbons (Fsp3) is 0.412. The number of benzene rings is 1. The van der Waals surface area contributed by atoms with E-state index >= 15 is 0 Å². The van der Waals surface area contributed by atoms with Crippen molar-refractivity contribution in [2.45, 2.75) is 18.6 Å². The van der Waals surface area contributed by atoms with E-state index in [1.807, 2.05) is 12.1 Å². The zero-order valence-corrected chi connectivity index (χ0v) is 13.5. The van der Waals surface area contributed by atoms with Gasteiger partial charge in [0, 0.05) is 50.3 Å². The van der Waals surface area contributed by atoms with Gasteiger partial charge in [0.15, 0.2) is 0 Å². The molecule has 1 saturated heterocycles. The molecule has 0 bridgehead atoms. The number of rotatable bonds is 2. The molecule has 5 nitrogen and oxygen atoms in total. The second-order valence-electron chi connectivity index (χ2n) is 6.34. The van der Waals surface area contributed by atoms with Gasteiger partial charge in [0.05, 0.1) is 5.56 Å². The lowest BCUT2D eigenvalue weighted by Crippen LogP contribution is -2.48. The SMILES string of the molecule is FC(F)(F)c1cnc(Nc2ccc3c(c2)CCN2CCNCC32)nc1. The summed E-state index contributed by atoms with van der Waals surface area (Å²) in [4.78, 5) is 10.0. The number of anilines is 2. The number of aromatic nitrogens is 2. The molecule has 1 aromatic heterocycles. The first-order valence-corrected chi connectivity index (χ1v) is 8.24. The summed E-state index contributed by atoms with van der Waals surface area (Å²) in [6.45, 7) is 4.06. The summed E-state index contributed by atoms with van der Waals surface area (Å²) < 4.78 is 37.7. The molecule has 25 heavy (non-hydrogen) atoms. The fourth-order valence-electron chi connectivity index (χ4n) is 3.48. The lowest BCUT2D eigenvalue weighted by Gasteiger charge is -2.41. The Bertz CT molecular complexity index is 760. The first-order chi connectivity index (χ1) is 12.0. The van der Waals surface area contributed by atoms with E-state index in [0.29, 0.717) is 6.04 Å². The Morgan fingerprint density at radius 2 is 1.96 bits per heavy atom. The van der Waals surface area contributed by atoms with Gasteiger partial charge in [0.2, 0.25) is 5.95 Å². The minimum Gasteiger partial charge on any atom is -0.324 e. The Labute approximate surface area is 143 Å². The van der Waals surface area contributed by atoms with Crippen LogP contribution in [-0.2, 0) is 12.6 Å². The lowest BCUT2D eigenvalue weighted by atomic mass is 9.91. The topological polar surface area (TPSA) is 53.1 Å². The van der Waals surface area contributed by atoms with E-state index < -0.39 is 11.7 Å². The van der Waals surface area contributed by atoms with E-state index in [-0.39, 0.29) is 5.95 Å². The standard InChI is InChI=1S/C17H18F3N5/c18-17(19,20)12-8-22-16(23-9-12)24-13-1-2-14-11(7-13)3-5-25-6-4-21-10-15(14)25/h1-2,7-9,15,21H,3-6,10H2,(H,22,23,24). The molecule has 1 aromatic carbocycles. The van der Waals surface area contributed by atoms with Crippen molar-refractivity contribution in [3.05, 3.63) is 47.3 Å². The zero-order valence-electron chi connectivity index (χ0n) is 13.5. The summed E-state index contributed by atoms with van der Waals surface area (Å²) in [5.41, 5.74) is 2.52. The molecule has 132 valence electrons. The number of alkyl halides is 3. The summed E-state index contributed by atoms with van der Waals surface area (Å²) >= 11 is 0. The molecule has 3 heterocycles. The molecule has 1 unspecified atom stereocenters. The van der Waals surface area contributed by atoms with Gasteiger partial charge in [0.25, 0.3) is 0 Å². The van der Waals surface area contributed by atoms with Crippen LogP contribution >= 0.6 is 0 Å². The number of hydrogen-bond donors (Lipinski definition) is 2. The zero-order chi connectivity index (χ0) is 17.4. The molecule has 4 rings (SSSR count). The van der Waals surface area contributed by atoms with Crippen molar-refractivity contribution in [3.63, 3.8) is 0 Å². The Kier molecular flexibility index (Phi) is 4.09. The van der Waals surface area contributed by atoms with Crippen LogP contribution in [0.25, 0.3) is 0 Å². The summed E-state index contributed by atoms with van der Waals surface area (Å²) in [5.74, 6) is 0.157. The van der Waals surface area contributed by atoms with Crippen LogP contribution in [0.5, 0.6) is 0 Å². The van der Waals surface area contributed by atoms with Crippen LogP contribution < -0.4 is 10.6 Å². The second kappa shape index (κ2) is 6.27. The van der Waals surface area contributed by atoms with Crippen LogP contribution in [0.3, 0.4) is 0 Å². The Morgan fingerprint density at radius 3 is 2.72 bits per heavy atom. The summed E-state index contributed by atoms with van der Waals surface area (Å²) in [5, 5.41) is 6.41. The molecule has 0 saturated carbocycles. The van der Waals surface area contributed by atoms with Crippen molar-refractivity contribution >= 4 is 11.6 Å². The van der Waals surface area contributed by atoms with Gasteiger partial charge in [-0.1, -0.05) is 6.07 Å². The van der Waals surface area contributed by atoms with Gasteiger partial charge in [-0.15, -0.1) is 0 Å². The summed E-state index contributed by atoms with van der Waals surface area (Å²) in [6, 6.07) is 6.46. The molecule has 0 aliphatic carbocycles. The highest BCUT2D eigenvalue weighted by Crippen LogP contribution is 2.33. The third-order valence-electron chi connectivity index (χ3n) is 4.76. The van der Waals surface area contributed by atoms with Gasteiger partial charge in [-0.2, -0.15) is 13.2 Å². The number of hydrogen-bond acceptors (Lipinski definition) is 5. The molecular weight excluding hydrogens is 331 g/mol. The van der Waals surface area contributed by atoms with E-state index in [0.717, 1.165) is 50.7 Å². The van der Waals surface area contributed by atoms with Crippen molar-refractivity contribution in [2.75, 3.05) is 31.5 Å². The van der Waals surface area contributed by atoms with Crippen LogP contribution in [0.15, 0.2) is 30.6 Å². The molecule has 1 fully saturated rings. The predicted octanol–water partition coefficient (Wildman–Crippen LogP) is 2.74. The van der Waals surface area contributed by atoms with E-state index in [2.05, 4.69) is 31.6 Å². The maximum atomic E-state index is 12.6. The van der Waals surface area contributed by atoms with E-state index in [4.69, 9.17) is 0 Å². The van der Waals surface area contributed by atoms with Crippen LogP contribution in [-0.4, -0.2) is 41.0 Å². The van der Waals surface area contributed by atoms with Crippen molar-refractivity contribution in [2.24, 2.45) is 0 Å². The third kappa shape index (κ3) is 3.32. The van der Waals surface area contributed by atoms with Crippen molar-refractivity contribution in [3.8, 4) is 0 Å². The highest BCUT2D eigenvalue weighted by molar-refractivity contribution is 5.56. The van der Waals surface area contributed by atoms with Gasteiger partial charge < -0.3 is 10.6 Å². The predicted molar refractivity (Wildman–Crippen MR) is 87.6 cm³/mol. The van der Waals surface area contributed by atoms with Crippen LogP contribution in [0.2, 0.25) is 0 Å². The Hall–Kier alpha value is -2.19. The maximum Gasteiger partial charge on any atom is 0.419 e. The number of piperazine rings is 1. The fourth-order valence-corrected chi connectivity index (χ4v) is 3.48. The number of fused-ring (bicyclic) bond motifs is 3. The normalized spacial score (nSPS) is 20.7. The summed E-state index contributed by atoms with van der Waals surface area (Å²) in [6.07, 6.45) is -1.88. The number of nitrogens with one attached hydrogen (secondary N) is 2. The summed E-state index contributed by atoms with van der Waals surface area (Å²) in [7, 11) is 0. The van der Waals surface area contributed by atoms with Crippen LogP contribution in [0, 0.1) is 0 Å². The lowest BCUT2D eigenvalue weighted by molar-refractivity contribution is -0.138. The third-order valence-corrected chi connectivity index (χ3v) is 4.76. The van der Waals surface area contributed by atoms with Gasteiger partial charge in [-0.05, 0) is 29.7 Å².